The second-order valence-electron chi connectivity index (χ2n) is 2.42. The molecule has 2 N–H and O–H groups in total. The number of anilines is 1. The SMILES string of the molecule is CC(C)n1ncc(Cl)c1N. The maximum Gasteiger partial charge on any atom is 0.140 e. The molecular weight excluding hydrogens is 150 g/mol. The Morgan fingerprint density at radius 1 is 1.70 bits per heavy atom. The zero-order valence-corrected chi connectivity index (χ0v) is 6.76. The highest BCUT2D eigenvalue weighted by atomic mass is 35.5. The van der Waals surface area contributed by atoms with Crippen molar-refractivity contribution < 1.29 is 0 Å². The smallest absolute Gasteiger partial charge is 0.140 e. The first kappa shape index (κ1) is 7.41. The van der Waals surface area contributed by atoms with Gasteiger partial charge in [-0.15, -0.1) is 0 Å². The molecule has 4 heteroatoms. The van der Waals surface area contributed by atoms with Gasteiger partial charge < -0.3 is 5.73 Å². The molecule has 0 unspecified atom stereocenters. The number of aromatic nitrogens is 2. The predicted octanol–water partition coefficient (Wildman–Crippen LogP) is 1.70. The Balaban J connectivity index is 3.05. The molecule has 1 heterocycles. The molecular formula is C6H10ClN3. The second-order valence-corrected chi connectivity index (χ2v) is 2.82. The fourth-order valence-electron chi connectivity index (χ4n) is 0.762. The van der Waals surface area contributed by atoms with Crippen LogP contribution in [0.15, 0.2) is 6.20 Å². The quantitative estimate of drug-likeness (QED) is 0.678. The minimum absolute atomic E-state index is 0.271. The van der Waals surface area contributed by atoms with Crippen LogP contribution < -0.4 is 5.73 Å². The molecule has 0 aliphatic carbocycles. The van der Waals surface area contributed by atoms with Crippen molar-refractivity contribution in [3.8, 4) is 0 Å². The Labute approximate surface area is 64.8 Å². The van der Waals surface area contributed by atoms with Gasteiger partial charge in [0.25, 0.3) is 0 Å². The number of hydrogen-bond acceptors (Lipinski definition) is 2. The summed E-state index contributed by atoms with van der Waals surface area (Å²) in [5, 5.41) is 4.50. The van der Waals surface area contributed by atoms with Crippen LogP contribution >= 0.6 is 11.6 Å². The number of rotatable bonds is 1. The molecule has 0 aromatic carbocycles. The van der Waals surface area contributed by atoms with Crippen molar-refractivity contribution in [3.05, 3.63) is 11.2 Å². The van der Waals surface area contributed by atoms with E-state index in [1.54, 1.807) is 10.9 Å². The lowest BCUT2D eigenvalue weighted by Gasteiger charge is -2.06. The summed E-state index contributed by atoms with van der Waals surface area (Å²) in [4.78, 5) is 0. The fraction of sp³-hybridized carbons (Fsp3) is 0.500. The Bertz CT molecular complexity index is 229. The van der Waals surface area contributed by atoms with Crippen LogP contribution in [0, 0.1) is 0 Å². The first-order valence-electron chi connectivity index (χ1n) is 3.11. The molecule has 0 saturated heterocycles. The van der Waals surface area contributed by atoms with E-state index in [0.717, 1.165) is 0 Å². The third-order valence-corrected chi connectivity index (χ3v) is 1.57. The van der Waals surface area contributed by atoms with Crippen LogP contribution in [0.2, 0.25) is 5.02 Å². The van der Waals surface area contributed by atoms with E-state index < -0.39 is 0 Å². The van der Waals surface area contributed by atoms with Gasteiger partial charge in [0.2, 0.25) is 0 Å². The summed E-state index contributed by atoms with van der Waals surface area (Å²) in [5.41, 5.74) is 5.57. The van der Waals surface area contributed by atoms with Gasteiger partial charge in [-0.1, -0.05) is 11.6 Å². The van der Waals surface area contributed by atoms with Crippen LogP contribution in [0.3, 0.4) is 0 Å². The molecule has 0 amide bonds. The molecule has 0 fully saturated rings. The molecule has 1 aromatic rings. The fourth-order valence-corrected chi connectivity index (χ4v) is 0.892. The largest absolute Gasteiger partial charge is 0.383 e. The van der Waals surface area contributed by atoms with Gasteiger partial charge in [-0.2, -0.15) is 5.10 Å². The lowest BCUT2D eigenvalue weighted by atomic mass is 10.4. The first-order valence-corrected chi connectivity index (χ1v) is 3.49. The highest BCUT2D eigenvalue weighted by Crippen LogP contribution is 2.19. The summed E-state index contributed by atoms with van der Waals surface area (Å²) in [6.45, 7) is 4.00. The predicted molar refractivity (Wildman–Crippen MR) is 42.0 cm³/mol. The second kappa shape index (κ2) is 2.50. The first-order chi connectivity index (χ1) is 4.63. The monoisotopic (exact) mass is 159 g/mol. The summed E-state index contributed by atoms with van der Waals surface area (Å²) >= 11 is 5.67. The lowest BCUT2D eigenvalue weighted by molar-refractivity contribution is 0.540. The van der Waals surface area contributed by atoms with Gasteiger partial charge in [0.15, 0.2) is 0 Å². The van der Waals surface area contributed by atoms with Crippen LogP contribution in [0.25, 0.3) is 0 Å². The molecule has 0 aliphatic rings. The molecule has 56 valence electrons. The maximum atomic E-state index is 5.67. The minimum Gasteiger partial charge on any atom is -0.383 e. The van der Waals surface area contributed by atoms with E-state index in [-0.39, 0.29) is 6.04 Å². The van der Waals surface area contributed by atoms with Gasteiger partial charge in [-0.25, -0.2) is 4.68 Å². The van der Waals surface area contributed by atoms with Gasteiger partial charge in [0.05, 0.1) is 6.20 Å². The third kappa shape index (κ3) is 1.09. The molecule has 1 rings (SSSR count). The molecule has 0 atom stereocenters. The Hall–Kier alpha value is -0.700. The summed E-state index contributed by atoms with van der Waals surface area (Å²) < 4.78 is 1.68. The number of hydrogen-bond donors (Lipinski definition) is 1. The van der Waals surface area contributed by atoms with Crippen LogP contribution in [0.4, 0.5) is 5.82 Å². The zero-order valence-electron chi connectivity index (χ0n) is 6.00. The summed E-state index contributed by atoms with van der Waals surface area (Å²) in [7, 11) is 0. The average Bonchev–Trinajstić information content (AvgIpc) is 2.14. The molecule has 1 aromatic heterocycles. The Morgan fingerprint density at radius 2 is 2.30 bits per heavy atom. The third-order valence-electron chi connectivity index (χ3n) is 1.28. The summed E-state index contributed by atoms with van der Waals surface area (Å²) in [6.07, 6.45) is 1.55. The minimum atomic E-state index is 0.271. The van der Waals surface area contributed by atoms with E-state index in [9.17, 15) is 0 Å². The van der Waals surface area contributed by atoms with Crippen LogP contribution in [-0.2, 0) is 0 Å². The topological polar surface area (TPSA) is 43.8 Å². The number of nitrogen functional groups attached to an aromatic ring is 1. The summed E-state index contributed by atoms with van der Waals surface area (Å²) in [6, 6.07) is 0.271. The summed E-state index contributed by atoms with van der Waals surface area (Å²) in [5.74, 6) is 0.539. The molecule has 0 bridgehead atoms. The molecule has 3 nitrogen and oxygen atoms in total. The average molecular weight is 160 g/mol. The standard InChI is InChI=1S/C6H10ClN3/c1-4(2)10-6(8)5(7)3-9-10/h3-4H,8H2,1-2H3. The van der Waals surface area contributed by atoms with E-state index >= 15 is 0 Å². The lowest BCUT2D eigenvalue weighted by Crippen LogP contribution is -2.06. The van der Waals surface area contributed by atoms with Gasteiger partial charge in [-0.05, 0) is 13.8 Å². The van der Waals surface area contributed by atoms with Crippen LogP contribution in [0.1, 0.15) is 19.9 Å². The van der Waals surface area contributed by atoms with Crippen molar-refractivity contribution >= 4 is 17.4 Å². The van der Waals surface area contributed by atoms with Crippen LogP contribution in [0.5, 0.6) is 0 Å². The normalized spacial score (nSPS) is 10.8. The van der Waals surface area contributed by atoms with Crippen molar-refractivity contribution in [1.29, 1.82) is 0 Å². The maximum absolute atomic E-state index is 5.67. The van der Waals surface area contributed by atoms with Gasteiger partial charge in [-0.3, -0.25) is 0 Å². The zero-order chi connectivity index (χ0) is 7.72. The number of nitrogens with zero attached hydrogens (tertiary/aromatic N) is 2. The molecule has 0 radical (unpaired) electrons. The molecule has 0 spiro atoms. The number of nitrogens with two attached hydrogens (primary N) is 1. The van der Waals surface area contributed by atoms with Gasteiger partial charge in [0.1, 0.15) is 10.8 Å². The van der Waals surface area contributed by atoms with Crippen molar-refractivity contribution in [1.82, 2.24) is 9.78 Å². The highest BCUT2D eigenvalue weighted by molar-refractivity contribution is 6.32. The van der Waals surface area contributed by atoms with E-state index in [4.69, 9.17) is 17.3 Å². The van der Waals surface area contributed by atoms with Crippen LogP contribution in [-0.4, -0.2) is 9.78 Å². The molecule has 0 saturated carbocycles. The van der Waals surface area contributed by atoms with Gasteiger partial charge >= 0.3 is 0 Å². The van der Waals surface area contributed by atoms with Crippen molar-refractivity contribution in [2.24, 2.45) is 0 Å². The van der Waals surface area contributed by atoms with E-state index in [0.29, 0.717) is 10.8 Å². The number of halogens is 1. The van der Waals surface area contributed by atoms with E-state index in [1.165, 1.54) is 0 Å². The Morgan fingerprint density at radius 3 is 2.50 bits per heavy atom. The van der Waals surface area contributed by atoms with E-state index in [1.807, 2.05) is 13.8 Å². The van der Waals surface area contributed by atoms with E-state index in [2.05, 4.69) is 5.10 Å². The van der Waals surface area contributed by atoms with Crippen molar-refractivity contribution in [2.45, 2.75) is 19.9 Å². The molecule has 0 aliphatic heterocycles. The van der Waals surface area contributed by atoms with Gasteiger partial charge in [0, 0.05) is 6.04 Å². The van der Waals surface area contributed by atoms with Crippen molar-refractivity contribution in [3.63, 3.8) is 0 Å². The molecule has 10 heavy (non-hydrogen) atoms. The Kier molecular flexibility index (Phi) is 1.85. The highest BCUT2D eigenvalue weighted by Gasteiger charge is 2.06. The van der Waals surface area contributed by atoms with Crippen molar-refractivity contribution in [2.75, 3.05) is 5.73 Å².